The number of halogens is 1. The number of rotatable bonds is 8. The number of amides is 1. The summed E-state index contributed by atoms with van der Waals surface area (Å²) < 4.78 is 14.3. The first-order chi connectivity index (χ1) is 19.4. The van der Waals surface area contributed by atoms with Crippen LogP contribution in [-0.2, 0) is 20.9 Å². The van der Waals surface area contributed by atoms with E-state index in [9.17, 15) is 33.2 Å². The number of carbonyl (C=O) groups excluding carboxylic acids is 2. The Morgan fingerprint density at radius 1 is 0.976 bits per heavy atom. The number of H-pyrrole nitrogens is 1. The Morgan fingerprint density at radius 3 is 2.15 bits per heavy atom. The van der Waals surface area contributed by atoms with Gasteiger partial charge in [-0.25, -0.2) is 18.8 Å². The van der Waals surface area contributed by atoms with E-state index in [1.807, 2.05) is 0 Å². The molecule has 1 amide bonds. The molecule has 216 valence electrons. The lowest BCUT2D eigenvalue weighted by Crippen LogP contribution is -2.42. The Labute approximate surface area is 232 Å². The number of carboxylic acid groups (broad SMARTS) is 2. The second-order valence-corrected chi connectivity index (χ2v) is 9.33. The molecule has 1 aliphatic rings. The second kappa shape index (κ2) is 13.9. The summed E-state index contributed by atoms with van der Waals surface area (Å²) in [5.41, 5.74) is 0.514. The molecule has 13 heteroatoms. The van der Waals surface area contributed by atoms with Gasteiger partial charge in [0.05, 0.1) is 10.9 Å². The number of carbonyl (C=O) groups is 4. The van der Waals surface area contributed by atoms with Crippen LogP contribution in [0.25, 0.3) is 10.9 Å². The maximum atomic E-state index is 13.1. The van der Waals surface area contributed by atoms with Gasteiger partial charge in [0.2, 0.25) is 5.91 Å². The van der Waals surface area contributed by atoms with Gasteiger partial charge in [0.25, 0.3) is 5.56 Å². The predicted octanol–water partition coefficient (Wildman–Crippen LogP) is 2.09. The minimum Gasteiger partial charge on any atom is -0.478 e. The number of Topliss-reactive ketones (excluding diaryl/α,β-unsaturated/α-hetero) is 1. The minimum atomic E-state index is -1.26. The number of fused-ring (bicyclic) bond motifs is 1. The molecule has 0 unspecified atom stereocenters. The quantitative estimate of drug-likeness (QED) is 0.234. The van der Waals surface area contributed by atoms with Crippen LogP contribution in [-0.4, -0.2) is 67.9 Å². The molecule has 0 saturated carbocycles. The highest BCUT2D eigenvalue weighted by Gasteiger charge is 2.26. The summed E-state index contributed by atoms with van der Waals surface area (Å²) in [5, 5.41) is 18.6. The Hall–Kier alpha value is -4.91. The van der Waals surface area contributed by atoms with Crippen molar-refractivity contribution in [3.05, 3.63) is 86.8 Å². The number of piperidine rings is 1. The maximum absolute atomic E-state index is 13.1. The highest BCUT2D eigenvalue weighted by atomic mass is 19.1. The summed E-state index contributed by atoms with van der Waals surface area (Å²) >= 11 is 0. The SMILES string of the molecule is CC(=O)Nc1ccc2[nH]c(=O)n(CCN3CCC(C(=O)c4ccc(F)cc4)CC3)c(=O)c2c1.O=C(O)/C=C\C(=O)O. The van der Waals surface area contributed by atoms with Gasteiger partial charge in [0.1, 0.15) is 5.82 Å². The summed E-state index contributed by atoms with van der Waals surface area (Å²) in [6.07, 6.45) is 2.45. The standard InChI is InChI=1S/C24H25FN4O4.C4H4O4/c1-15(30)26-19-6-7-21-20(14-19)23(32)29(24(33)27-21)13-12-28-10-8-17(9-11-28)22(31)16-2-4-18(25)5-3-16;5-3(6)1-2-4(7)8/h2-7,14,17H,8-13H2,1H3,(H,26,30)(H,27,33);1-2H,(H,5,6)(H,7,8)/b;2-1-. The van der Waals surface area contributed by atoms with Crippen molar-refractivity contribution in [2.45, 2.75) is 26.3 Å². The second-order valence-electron chi connectivity index (χ2n) is 9.33. The zero-order valence-corrected chi connectivity index (χ0v) is 22.1. The highest BCUT2D eigenvalue weighted by molar-refractivity contribution is 5.98. The normalized spacial score (nSPS) is 13.9. The lowest BCUT2D eigenvalue weighted by Gasteiger charge is -2.31. The van der Waals surface area contributed by atoms with Gasteiger partial charge in [0.15, 0.2) is 5.78 Å². The van der Waals surface area contributed by atoms with Crippen molar-refractivity contribution in [3.8, 4) is 0 Å². The number of hydrogen-bond donors (Lipinski definition) is 4. The molecule has 0 atom stereocenters. The van der Waals surface area contributed by atoms with E-state index < -0.39 is 23.2 Å². The molecule has 1 aromatic heterocycles. The van der Waals surface area contributed by atoms with Crippen LogP contribution in [0.5, 0.6) is 0 Å². The summed E-state index contributed by atoms with van der Waals surface area (Å²) in [6.45, 7) is 3.43. The van der Waals surface area contributed by atoms with Crippen LogP contribution in [0.3, 0.4) is 0 Å². The number of aromatic amines is 1. The van der Waals surface area contributed by atoms with E-state index >= 15 is 0 Å². The molecule has 4 rings (SSSR count). The molecule has 1 saturated heterocycles. The van der Waals surface area contributed by atoms with Crippen LogP contribution in [0.4, 0.5) is 10.1 Å². The third-order valence-corrected chi connectivity index (χ3v) is 6.40. The highest BCUT2D eigenvalue weighted by Crippen LogP contribution is 2.22. The zero-order valence-electron chi connectivity index (χ0n) is 22.1. The summed E-state index contributed by atoms with van der Waals surface area (Å²) in [6, 6.07) is 10.4. The molecule has 0 spiro atoms. The fraction of sp³-hybridized carbons (Fsp3) is 0.286. The topological polar surface area (TPSA) is 179 Å². The first kappa shape index (κ1) is 30.6. The Morgan fingerprint density at radius 2 is 1.59 bits per heavy atom. The van der Waals surface area contributed by atoms with Gasteiger partial charge >= 0.3 is 17.6 Å². The van der Waals surface area contributed by atoms with Crippen molar-refractivity contribution >= 4 is 40.2 Å². The van der Waals surface area contributed by atoms with Crippen LogP contribution in [0, 0.1) is 11.7 Å². The summed E-state index contributed by atoms with van der Waals surface area (Å²) in [4.78, 5) is 73.3. The molecule has 0 bridgehead atoms. The van der Waals surface area contributed by atoms with Crippen molar-refractivity contribution < 1.29 is 33.8 Å². The van der Waals surface area contributed by atoms with Gasteiger partial charge < -0.3 is 25.4 Å². The number of hydrogen-bond acceptors (Lipinski definition) is 7. The van der Waals surface area contributed by atoms with Gasteiger partial charge in [-0.05, 0) is 68.4 Å². The van der Waals surface area contributed by atoms with Crippen LogP contribution in [0.1, 0.15) is 30.1 Å². The van der Waals surface area contributed by atoms with Crippen molar-refractivity contribution in [2.75, 3.05) is 25.0 Å². The summed E-state index contributed by atoms with van der Waals surface area (Å²) in [5.74, 6) is -3.23. The molecule has 12 nitrogen and oxygen atoms in total. The largest absolute Gasteiger partial charge is 0.478 e. The number of anilines is 1. The van der Waals surface area contributed by atoms with Gasteiger partial charge in [-0.3, -0.25) is 19.0 Å². The summed E-state index contributed by atoms with van der Waals surface area (Å²) in [7, 11) is 0. The minimum absolute atomic E-state index is 0.0202. The van der Waals surface area contributed by atoms with E-state index in [1.54, 1.807) is 18.2 Å². The maximum Gasteiger partial charge on any atom is 0.328 e. The molecular weight excluding hydrogens is 539 g/mol. The molecule has 3 aromatic rings. The molecule has 4 N–H and O–H groups in total. The molecular formula is C28H29FN4O8. The Bertz CT molecular complexity index is 1570. The van der Waals surface area contributed by atoms with E-state index in [0.29, 0.717) is 66.8 Å². The smallest absolute Gasteiger partial charge is 0.328 e. The van der Waals surface area contributed by atoms with Crippen LogP contribution >= 0.6 is 0 Å². The van der Waals surface area contributed by atoms with Gasteiger partial charge in [-0.2, -0.15) is 0 Å². The molecule has 2 aromatic carbocycles. The number of benzene rings is 2. The van der Waals surface area contributed by atoms with Crippen molar-refractivity contribution in [1.82, 2.24) is 14.5 Å². The van der Waals surface area contributed by atoms with E-state index in [0.717, 1.165) is 4.57 Å². The molecule has 2 heterocycles. The van der Waals surface area contributed by atoms with E-state index in [4.69, 9.17) is 10.2 Å². The number of likely N-dealkylation sites (tertiary alicyclic amines) is 1. The number of aromatic nitrogens is 2. The van der Waals surface area contributed by atoms with Gasteiger partial charge in [0, 0.05) is 49.3 Å². The molecule has 0 aliphatic carbocycles. The lowest BCUT2D eigenvalue weighted by atomic mass is 9.89. The fourth-order valence-corrected chi connectivity index (χ4v) is 4.39. The fourth-order valence-electron chi connectivity index (χ4n) is 4.39. The predicted molar refractivity (Wildman–Crippen MR) is 147 cm³/mol. The molecule has 41 heavy (non-hydrogen) atoms. The monoisotopic (exact) mass is 568 g/mol. The zero-order chi connectivity index (χ0) is 30.1. The molecule has 1 aliphatic heterocycles. The first-order valence-electron chi connectivity index (χ1n) is 12.6. The number of aliphatic carboxylic acids is 2. The number of ketones is 1. The third-order valence-electron chi connectivity index (χ3n) is 6.40. The third kappa shape index (κ3) is 8.80. The van der Waals surface area contributed by atoms with Crippen LogP contribution in [0.2, 0.25) is 0 Å². The van der Waals surface area contributed by atoms with Crippen molar-refractivity contribution in [2.24, 2.45) is 5.92 Å². The van der Waals surface area contributed by atoms with E-state index in [1.165, 1.54) is 31.2 Å². The average Bonchev–Trinajstić information content (AvgIpc) is 2.92. The lowest BCUT2D eigenvalue weighted by molar-refractivity contribution is -0.134. The van der Waals surface area contributed by atoms with E-state index in [2.05, 4.69) is 15.2 Å². The Balaban J connectivity index is 0.000000507. The average molecular weight is 569 g/mol. The number of nitrogens with one attached hydrogen (secondary N) is 2. The van der Waals surface area contributed by atoms with E-state index in [-0.39, 0.29) is 30.0 Å². The number of carboxylic acids is 2. The van der Waals surface area contributed by atoms with Crippen LogP contribution in [0.15, 0.2) is 64.2 Å². The Kier molecular flexibility index (Phi) is 10.4. The molecule has 0 radical (unpaired) electrons. The number of nitrogens with zero attached hydrogens (tertiary/aromatic N) is 2. The van der Waals surface area contributed by atoms with Gasteiger partial charge in [-0.1, -0.05) is 0 Å². The van der Waals surface area contributed by atoms with Gasteiger partial charge in [-0.15, -0.1) is 0 Å². The van der Waals surface area contributed by atoms with Crippen LogP contribution < -0.4 is 16.6 Å². The first-order valence-corrected chi connectivity index (χ1v) is 12.6. The molecule has 1 fully saturated rings. The van der Waals surface area contributed by atoms with Crippen molar-refractivity contribution in [3.63, 3.8) is 0 Å². The van der Waals surface area contributed by atoms with Crippen molar-refractivity contribution in [1.29, 1.82) is 0 Å².